The van der Waals surface area contributed by atoms with Crippen LogP contribution in [0.25, 0.3) is 22.2 Å². The molecule has 1 aliphatic rings. The standard InChI is InChI=1S/C20H23ClN6/c1-11(16-3-13(16)6-22)24-8-14-2-12-4-18(21)17(5-19(12)27-14)20-10-25-15(7-23)9-26-20/h2,4-5,9-10,13,16,24,27H,1,3,6-8,22-23H2. The van der Waals surface area contributed by atoms with Crippen molar-refractivity contribution in [2.45, 2.75) is 19.5 Å². The van der Waals surface area contributed by atoms with Crippen molar-refractivity contribution >= 4 is 22.5 Å². The molecule has 2 unspecified atom stereocenters. The molecule has 1 aliphatic carbocycles. The maximum Gasteiger partial charge on any atom is 0.0901 e. The van der Waals surface area contributed by atoms with Gasteiger partial charge in [0, 0.05) is 40.3 Å². The van der Waals surface area contributed by atoms with Gasteiger partial charge in [-0.25, -0.2) is 0 Å². The summed E-state index contributed by atoms with van der Waals surface area (Å²) in [7, 11) is 0. The molecule has 1 fully saturated rings. The first-order valence-electron chi connectivity index (χ1n) is 9.04. The molecule has 27 heavy (non-hydrogen) atoms. The maximum absolute atomic E-state index is 6.48. The van der Waals surface area contributed by atoms with Gasteiger partial charge in [-0.05, 0) is 37.1 Å². The van der Waals surface area contributed by atoms with Crippen LogP contribution in [0.2, 0.25) is 5.02 Å². The summed E-state index contributed by atoms with van der Waals surface area (Å²) in [4.78, 5) is 12.2. The normalized spacial score (nSPS) is 18.6. The van der Waals surface area contributed by atoms with E-state index < -0.39 is 0 Å². The van der Waals surface area contributed by atoms with Gasteiger partial charge < -0.3 is 21.8 Å². The molecule has 140 valence electrons. The molecule has 0 radical (unpaired) electrons. The minimum atomic E-state index is 0.366. The summed E-state index contributed by atoms with van der Waals surface area (Å²) in [5.41, 5.74) is 16.8. The van der Waals surface area contributed by atoms with E-state index in [9.17, 15) is 0 Å². The topological polar surface area (TPSA) is 106 Å². The van der Waals surface area contributed by atoms with E-state index in [1.807, 2.05) is 12.1 Å². The fraction of sp³-hybridized carbons (Fsp3) is 0.300. The summed E-state index contributed by atoms with van der Waals surface area (Å²) in [5, 5.41) is 5.11. The van der Waals surface area contributed by atoms with Crippen molar-refractivity contribution in [3.63, 3.8) is 0 Å². The van der Waals surface area contributed by atoms with Crippen LogP contribution in [0.4, 0.5) is 0 Å². The zero-order valence-corrected chi connectivity index (χ0v) is 15.8. The van der Waals surface area contributed by atoms with Crippen LogP contribution in [0.1, 0.15) is 17.8 Å². The molecule has 2 aromatic heterocycles. The molecular formula is C20H23ClN6. The van der Waals surface area contributed by atoms with Gasteiger partial charge in [0.25, 0.3) is 0 Å². The Morgan fingerprint density at radius 3 is 2.78 bits per heavy atom. The molecular weight excluding hydrogens is 360 g/mol. The number of aromatic amines is 1. The average molecular weight is 383 g/mol. The van der Waals surface area contributed by atoms with Gasteiger partial charge in [0.2, 0.25) is 0 Å². The number of H-pyrrole nitrogens is 1. The van der Waals surface area contributed by atoms with Gasteiger partial charge in [-0.2, -0.15) is 0 Å². The Balaban J connectivity index is 1.53. The largest absolute Gasteiger partial charge is 0.383 e. The molecule has 0 aliphatic heterocycles. The number of hydrogen-bond acceptors (Lipinski definition) is 5. The van der Waals surface area contributed by atoms with E-state index >= 15 is 0 Å². The molecule has 2 atom stereocenters. The fourth-order valence-electron chi connectivity index (χ4n) is 3.38. The van der Waals surface area contributed by atoms with Crippen LogP contribution in [0.3, 0.4) is 0 Å². The molecule has 1 aromatic carbocycles. The minimum Gasteiger partial charge on any atom is -0.383 e. The Kier molecular flexibility index (Phi) is 4.86. The van der Waals surface area contributed by atoms with Crippen molar-refractivity contribution in [1.29, 1.82) is 0 Å². The number of rotatable bonds is 7. The van der Waals surface area contributed by atoms with E-state index in [1.54, 1.807) is 12.4 Å². The molecule has 1 saturated carbocycles. The number of nitrogens with one attached hydrogen (secondary N) is 2. The Bertz CT molecular complexity index is 978. The van der Waals surface area contributed by atoms with Gasteiger partial charge in [-0.1, -0.05) is 18.2 Å². The van der Waals surface area contributed by atoms with Crippen LogP contribution in [-0.2, 0) is 13.1 Å². The zero-order chi connectivity index (χ0) is 19.0. The Hall–Kier alpha value is -2.41. The molecule has 0 bridgehead atoms. The van der Waals surface area contributed by atoms with E-state index in [2.05, 4.69) is 32.9 Å². The highest BCUT2D eigenvalue weighted by atomic mass is 35.5. The lowest BCUT2D eigenvalue weighted by molar-refractivity contribution is 0.688. The summed E-state index contributed by atoms with van der Waals surface area (Å²) in [6, 6.07) is 6.06. The average Bonchev–Trinajstić information content (AvgIpc) is 3.38. The number of halogens is 1. The van der Waals surface area contributed by atoms with Crippen LogP contribution in [-0.4, -0.2) is 21.5 Å². The second-order valence-corrected chi connectivity index (χ2v) is 7.43. The van der Waals surface area contributed by atoms with Crippen LogP contribution >= 0.6 is 11.6 Å². The fourth-order valence-corrected chi connectivity index (χ4v) is 3.65. The third kappa shape index (κ3) is 3.69. The SMILES string of the molecule is C=C(NCc1cc2cc(Cl)c(-c3cnc(CN)cn3)cc2[nH]1)C1CC1CN. The third-order valence-corrected chi connectivity index (χ3v) is 5.45. The first-order valence-corrected chi connectivity index (χ1v) is 9.42. The van der Waals surface area contributed by atoms with Crippen LogP contribution in [0.15, 0.2) is 42.9 Å². The molecule has 4 rings (SSSR count). The molecule has 0 amide bonds. The minimum absolute atomic E-state index is 0.366. The number of nitrogens with zero attached hydrogens (tertiary/aromatic N) is 2. The number of allylic oxidation sites excluding steroid dienone is 1. The summed E-state index contributed by atoms with van der Waals surface area (Å²) in [5.74, 6) is 1.09. The van der Waals surface area contributed by atoms with Gasteiger partial charge in [-0.3, -0.25) is 9.97 Å². The number of fused-ring (bicyclic) bond motifs is 1. The predicted octanol–water partition coefficient (Wildman–Crippen LogP) is 2.94. The van der Waals surface area contributed by atoms with Crippen LogP contribution < -0.4 is 16.8 Å². The van der Waals surface area contributed by atoms with E-state index in [4.69, 9.17) is 23.1 Å². The van der Waals surface area contributed by atoms with Crippen molar-refractivity contribution in [1.82, 2.24) is 20.3 Å². The van der Waals surface area contributed by atoms with Gasteiger partial charge in [0.05, 0.1) is 35.3 Å². The van der Waals surface area contributed by atoms with Crippen molar-refractivity contribution in [3.05, 3.63) is 59.3 Å². The predicted molar refractivity (Wildman–Crippen MR) is 109 cm³/mol. The second-order valence-electron chi connectivity index (χ2n) is 7.03. The zero-order valence-electron chi connectivity index (χ0n) is 15.0. The maximum atomic E-state index is 6.48. The number of hydrogen-bond donors (Lipinski definition) is 4. The lowest BCUT2D eigenvalue weighted by atomic mass is 10.1. The lowest BCUT2D eigenvalue weighted by Gasteiger charge is -2.07. The van der Waals surface area contributed by atoms with Crippen molar-refractivity contribution in [2.24, 2.45) is 23.3 Å². The van der Waals surface area contributed by atoms with Crippen molar-refractivity contribution in [2.75, 3.05) is 6.54 Å². The molecule has 7 heteroatoms. The summed E-state index contributed by atoms with van der Waals surface area (Å²) in [6.07, 6.45) is 4.52. The molecule has 2 heterocycles. The number of nitrogens with two attached hydrogens (primary N) is 2. The molecule has 0 saturated heterocycles. The highest BCUT2D eigenvalue weighted by Crippen LogP contribution is 2.41. The quantitative estimate of drug-likeness (QED) is 0.502. The Labute approximate surface area is 163 Å². The Morgan fingerprint density at radius 2 is 2.11 bits per heavy atom. The summed E-state index contributed by atoms with van der Waals surface area (Å²) in [6.45, 7) is 5.93. The molecule has 6 N–H and O–H groups in total. The first-order chi connectivity index (χ1) is 13.1. The summed E-state index contributed by atoms with van der Waals surface area (Å²) < 4.78 is 0. The third-order valence-electron chi connectivity index (χ3n) is 5.13. The monoisotopic (exact) mass is 382 g/mol. The highest BCUT2D eigenvalue weighted by molar-refractivity contribution is 6.34. The number of aromatic nitrogens is 3. The van der Waals surface area contributed by atoms with Gasteiger partial charge in [0.1, 0.15) is 0 Å². The van der Waals surface area contributed by atoms with E-state index in [0.29, 0.717) is 29.9 Å². The van der Waals surface area contributed by atoms with Crippen molar-refractivity contribution < 1.29 is 0 Å². The van der Waals surface area contributed by atoms with Gasteiger partial charge >= 0.3 is 0 Å². The van der Waals surface area contributed by atoms with E-state index in [-0.39, 0.29) is 0 Å². The number of benzene rings is 1. The second kappa shape index (κ2) is 7.31. The van der Waals surface area contributed by atoms with Gasteiger partial charge in [0.15, 0.2) is 0 Å². The van der Waals surface area contributed by atoms with E-state index in [0.717, 1.165) is 52.2 Å². The smallest absolute Gasteiger partial charge is 0.0901 e. The van der Waals surface area contributed by atoms with E-state index in [1.165, 1.54) is 0 Å². The summed E-state index contributed by atoms with van der Waals surface area (Å²) >= 11 is 6.48. The lowest BCUT2D eigenvalue weighted by Crippen LogP contribution is -2.15. The van der Waals surface area contributed by atoms with Gasteiger partial charge in [-0.15, -0.1) is 0 Å². The Morgan fingerprint density at radius 1 is 1.26 bits per heavy atom. The van der Waals surface area contributed by atoms with Crippen LogP contribution in [0, 0.1) is 11.8 Å². The molecule has 3 aromatic rings. The first kappa shape index (κ1) is 18.0. The van der Waals surface area contributed by atoms with Crippen LogP contribution in [0.5, 0.6) is 0 Å². The molecule has 0 spiro atoms. The highest BCUT2D eigenvalue weighted by Gasteiger charge is 2.37. The molecule has 6 nitrogen and oxygen atoms in total. The van der Waals surface area contributed by atoms with Crippen molar-refractivity contribution in [3.8, 4) is 11.3 Å².